The van der Waals surface area contributed by atoms with E-state index in [0.717, 1.165) is 16.7 Å². The summed E-state index contributed by atoms with van der Waals surface area (Å²) in [5.41, 5.74) is 3.13. The topological polar surface area (TPSA) is 67.9 Å². The van der Waals surface area contributed by atoms with Gasteiger partial charge in [0.15, 0.2) is 11.5 Å². The van der Waals surface area contributed by atoms with E-state index in [4.69, 9.17) is 9.47 Å². The van der Waals surface area contributed by atoms with Gasteiger partial charge in [-0.2, -0.15) is 0 Å². The highest BCUT2D eigenvalue weighted by molar-refractivity contribution is 5.90. The molecule has 0 saturated carbocycles. The third kappa shape index (κ3) is 3.74. The third-order valence-corrected chi connectivity index (χ3v) is 4.97. The molecule has 6 nitrogen and oxygen atoms in total. The van der Waals surface area contributed by atoms with E-state index in [9.17, 15) is 9.59 Å². The number of fused-ring (bicyclic) bond motifs is 1. The van der Waals surface area contributed by atoms with Crippen molar-refractivity contribution in [2.24, 2.45) is 0 Å². The molecule has 0 aromatic heterocycles. The Labute approximate surface area is 158 Å². The van der Waals surface area contributed by atoms with Crippen molar-refractivity contribution >= 4 is 11.8 Å². The van der Waals surface area contributed by atoms with Crippen molar-refractivity contribution in [3.8, 4) is 11.5 Å². The predicted molar refractivity (Wildman–Crippen MR) is 99.2 cm³/mol. The standard InChI is InChI=1S/C21H22N2O4/c1-14-3-2-4-15(9-14)11-22-21(25)17-6-8-20(24)23(17)12-16-5-7-18-19(10-16)27-13-26-18/h2-5,7,9-10,17H,6,8,11-13H2,1H3,(H,22,25). The summed E-state index contributed by atoms with van der Waals surface area (Å²) in [5.74, 6) is 1.28. The molecule has 1 unspecified atom stereocenters. The van der Waals surface area contributed by atoms with E-state index in [0.29, 0.717) is 37.4 Å². The quantitative estimate of drug-likeness (QED) is 0.883. The summed E-state index contributed by atoms with van der Waals surface area (Å²) in [6.45, 7) is 3.08. The lowest BCUT2D eigenvalue weighted by Crippen LogP contribution is -2.44. The first kappa shape index (κ1) is 17.4. The predicted octanol–water partition coefficient (Wildman–Crippen LogP) is 2.53. The van der Waals surface area contributed by atoms with Crippen molar-refractivity contribution in [1.82, 2.24) is 10.2 Å². The lowest BCUT2D eigenvalue weighted by atomic mass is 10.1. The van der Waals surface area contributed by atoms with Crippen LogP contribution in [-0.2, 0) is 22.7 Å². The van der Waals surface area contributed by atoms with Crippen LogP contribution in [0.3, 0.4) is 0 Å². The Hall–Kier alpha value is -3.02. The van der Waals surface area contributed by atoms with Crippen molar-refractivity contribution in [3.05, 3.63) is 59.2 Å². The molecule has 2 aliphatic heterocycles. The van der Waals surface area contributed by atoms with Crippen molar-refractivity contribution in [3.63, 3.8) is 0 Å². The van der Waals surface area contributed by atoms with Gasteiger partial charge in [-0.1, -0.05) is 35.9 Å². The Morgan fingerprint density at radius 2 is 2.00 bits per heavy atom. The molecule has 0 spiro atoms. The average molecular weight is 366 g/mol. The van der Waals surface area contributed by atoms with Crippen molar-refractivity contribution < 1.29 is 19.1 Å². The number of benzene rings is 2. The Morgan fingerprint density at radius 1 is 1.15 bits per heavy atom. The smallest absolute Gasteiger partial charge is 0.243 e. The zero-order chi connectivity index (χ0) is 18.8. The summed E-state index contributed by atoms with van der Waals surface area (Å²) in [4.78, 5) is 26.7. The summed E-state index contributed by atoms with van der Waals surface area (Å²) < 4.78 is 10.7. The Bertz CT molecular complexity index is 880. The minimum absolute atomic E-state index is 0.00312. The van der Waals surface area contributed by atoms with Gasteiger partial charge < -0.3 is 19.7 Å². The molecule has 1 saturated heterocycles. The van der Waals surface area contributed by atoms with E-state index in [1.165, 1.54) is 0 Å². The number of hydrogen-bond donors (Lipinski definition) is 1. The van der Waals surface area contributed by atoms with Crippen molar-refractivity contribution in [2.75, 3.05) is 6.79 Å². The van der Waals surface area contributed by atoms with Crippen LogP contribution in [0.4, 0.5) is 0 Å². The number of likely N-dealkylation sites (tertiary alicyclic amines) is 1. The molecule has 27 heavy (non-hydrogen) atoms. The van der Waals surface area contributed by atoms with Crippen LogP contribution in [0.15, 0.2) is 42.5 Å². The van der Waals surface area contributed by atoms with Crippen molar-refractivity contribution in [1.29, 1.82) is 0 Å². The molecule has 0 aliphatic carbocycles. The number of nitrogens with one attached hydrogen (secondary N) is 1. The maximum Gasteiger partial charge on any atom is 0.243 e. The van der Waals surface area contributed by atoms with Gasteiger partial charge in [0.05, 0.1) is 0 Å². The van der Waals surface area contributed by atoms with Crippen LogP contribution in [0.2, 0.25) is 0 Å². The fourth-order valence-corrected chi connectivity index (χ4v) is 3.57. The zero-order valence-electron chi connectivity index (χ0n) is 15.2. The molecule has 2 aromatic carbocycles. The van der Waals surface area contributed by atoms with Crippen LogP contribution in [0.5, 0.6) is 11.5 Å². The van der Waals surface area contributed by atoms with Gasteiger partial charge in [0.2, 0.25) is 18.6 Å². The van der Waals surface area contributed by atoms with Gasteiger partial charge in [0.1, 0.15) is 6.04 Å². The Kier molecular flexibility index (Phi) is 4.71. The van der Waals surface area contributed by atoms with Crippen LogP contribution in [-0.4, -0.2) is 29.5 Å². The highest BCUT2D eigenvalue weighted by Crippen LogP contribution is 2.33. The molecule has 1 fully saturated rings. The van der Waals surface area contributed by atoms with E-state index in [1.807, 2.05) is 49.4 Å². The Balaban J connectivity index is 1.42. The Morgan fingerprint density at radius 3 is 2.85 bits per heavy atom. The molecule has 2 amide bonds. The largest absolute Gasteiger partial charge is 0.454 e. The lowest BCUT2D eigenvalue weighted by Gasteiger charge is -2.24. The summed E-state index contributed by atoms with van der Waals surface area (Å²) in [6.07, 6.45) is 0.941. The van der Waals surface area contributed by atoms with Crippen LogP contribution >= 0.6 is 0 Å². The molecule has 0 radical (unpaired) electrons. The SMILES string of the molecule is Cc1cccc(CNC(=O)C2CCC(=O)N2Cc2ccc3c(c2)OCO3)c1. The first-order valence-electron chi connectivity index (χ1n) is 9.11. The number of hydrogen-bond acceptors (Lipinski definition) is 4. The number of nitrogens with zero attached hydrogens (tertiary/aromatic N) is 1. The normalized spacial score (nSPS) is 18.0. The summed E-state index contributed by atoms with van der Waals surface area (Å²) in [6, 6.07) is 13.2. The molecule has 1 N–H and O–H groups in total. The first-order chi connectivity index (χ1) is 13.1. The van der Waals surface area contributed by atoms with Gasteiger partial charge in [0.25, 0.3) is 0 Å². The minimum Gasteiger partial charge on any atom is -0.454 e. The molecule has 1 atom stereocenters. The van der Waals surface area contributed by atoms with Gasteiger partial charge in [-0.05, 0) is 36.6 Å². The highest BCUT2D eigenvalue weighted by Gasteiger charge is 2.36. The lowest BCUT2D eigenvalue weighted by molar-refractivity contribution is -0.135. The average Bonchev–Trinajstić information content (AvgIpc) is 3.27. The van der Waals surface area contributed by atoms with Crippen molar-refractivity contribution in [2.45, 2.75) is 38.9 Å². The second-order valence-electron chi connectivity index (χ2n) is 6.97. The summed E-state index contributed by atoms with van der Waals surface area (Å²) >= 11 is 0. The number of ether oxygens (including phenoxy) is 2. The molecular formula is C21H22N2O4. The van der Waals surface area contributed by atoms with E-state index < -0.39 is 6.04 Å². The van der Waals surface area contributed by atoms with Gasteiger partial charge in [0, 0.05) is 19.5 Å². The maximum absolute atomic E-state index is 12.7. The molecular weight excluding hydrogens is 344 g/mol. The fraction of sp³-hybridized carbons (Fsp3) is 0.333. The van der Waals surface area contributed by atoms with E-state index in [-0.39, 0.29) is 18.6 Å². The molecule has 140 valence electrons. The molecule has 4 rings (SSSR count). The fourth-order valence-electron chi connectivity index (χ4n) is 3.57. The second-order valence-corrected chi connectivity index (χ2v) is 6.97. The van der Waals surface area contributed by atoms with E-state index in [1.54, 1.807) is 4.90 Å². The number of carbonyl (C=O) groups is 2. The van der Waals surface area contributed by atoms with Gasteiger partial charge >= 0.3 is 0 Å². The first-order valence-corrected chi connectivity index (χ1v) is 9.11. The molecule has 6 heteroatoms. The van der Waals surface area contributed by atoms with Gasteiger partial charge in [-0.3, -0.25) is 9.59 Å². The van der Waals surface area contributed by atoms with E-state index >= 15 is 0 Å². The summed E-state index contributed by atoms with van der Waals surface area (Å²) in [7, 11) is 0. The highest BCUT2D eigenvalue weighted by atomic mass is 16.7. The number of amides is 2. The van der Waals surface area contributed by atoms with Gasteiger partial charge in [-0.25, -0.2) is 0 Å². The number of rotatable bonds is 5. The number of carbonyl (C=O) groups excluding carboxylic acids is 2. The molecule has 2 aliphatic rings. The molecule has 0 bridgehead atoms. The minimum atomic E-state index is -0.437. The van der Waals surface area contributed by atoms with Gasteiger partial charge in [-0.15, -0.1) is 0 Å². The monoisotopic (exact) mass is 366 g/mol. The van der Waals surface area contributed by atoms with Crippen LogP contribution in [0, 0.1) is 6.92 Å². The maximum atomic E-state index is 12.7. The van der Waals surface area contributed by atoms with Crippen LogP contribution in [0.25, 0.3) is 0 Å². The molecule has 2 heterocycles. The second kappa shape index (κ2) is 7.31. The summed E-state index contributed by atoms with van der Waals surface area (Å²) in [5, 5.41) is 2.97. The zero-order valence-corrected chi connectivity index (χ0v) is 15.2. The third-order valence-electron chi connectivity index (χ3n) is 4.97. The van der Waals surface area contributed by atoms with Crippen LogP contribution in [0.1, 0.15) is 29.5 Å². The number of aryl methyl sites for hydroxylation is 1. The molecule has 2 aromatic rings. The van der Waals surface area contributed by atoms with E-state index in [2.05, 4.69) is 5.32 Å². The van der Waals surface area contributed by atoms with Crippen LogP contribution < -0.4 is 14.8 Å².